The van der Waals surface area contributed by atoms with Crippen LogP contribution >= 0.6 is 0 Å². The highest BCUT2D eigenvalue weighted by Gasteiger charge is 2.23. The maximum Gasteiger partial charge on any atom is 0.328 e. The standard InChI is InChI=1S/C12H12N2O2/c13-8-9-3-1-4-10(7-9)16-12(15)11-5-2-6-14-11/h1,3-4,7,11,14H,2,5-6H2/t11-/m1/s1. The summed E-state index contributed by atoms with van der Waals surface area (Å²) in [5.41, 5.74) is 0.490. The molecular weight excluding hydrogens is 204 g/mol. The van der Waals surface area contributed by atoms with Crippen molar-refractivity contribution in [3.63, 3.8) is 0 Å². The van der Waals surface area contributed by atoms with E-state index in [1.165, 1.54) is 0 Å². The summed E-state index contributed by atoms with van der Waals surface area (Å²) in [5, 5.41) is 11.8. The van der Waals surface area contributed by atoms with Gasteiger partial charge in [0.25, 0.3) is 0 Å². The first-order chi connectivity index (χ1) is 7.79. The van der Waals surface area contributed by atoms with Crippen molar-refractivity contribution < 1.29 is 9.53 Å². The predicted molar refractivity (Wildman–Crippen MR) is 57.8 cm³/mol. The Morgan fingerprint density at radius 2 is 2.44 bits per heavy atom. The van der Waals surface area contributed by atoms with Crippen molar-refractivity contribution in [3.05, 3.63) is 29.8 Å². The lowest BCUT2D eigenvalue weighted by Crippen LogP contribution is -2.34. The molecule has 1 fully saturated rings. The van der Waals surface area contributed by atoms with Gasteiger partial charge in [-0.1, -0.05) is 6.07 Å². The van der Waals surface area contributed by atoms with E-state index in [-0.39, 0.29) is 12.0 Å². The zero-order valence-electron chi connectivity index (χ0n) is 8.77. The number of nitriles is 1. The third-order valence-electron chi connectivity index (χ3n) is 2.53. The molecule has 1 aromatic carbocycles. The number of rotatable bonds is 2. The number of nitrogens with zero attached hydrogens (tertiary/aromatic N) is 1. The Bertz CT molecular complexity index is 431. The van der Waals surface area contributed by atoms with E-state index in [1.807, 2.05) is 6.07 Å². The number of benzene rings is 1. The van der Waals surface area contributed by atoms with E-state index < -0.39 is 0 Å². The Morgan fingerprint density at radius 3 is 3.12 bits per heavy atom. The van der Waals surface area contributed by atoms with Crippen LogP contribution < -0.4 is 10.1 Å². The summed E-state index contributed by atoms with van der Waals surface area (Å²) in [6, 6.07) is 8.41. The molecule has 1 N–H and O–H groups in total. The minimum atomic E-state index is -0.271. The third-order valence-corrected chi connectivity index (χ3v) is 2.53. The van der Waals surface area contributed by atoms with Gasteiger partial charge >= 0.3 is 5.97 Å². The van der Waals surface area contributed by atoms with E-state index in [1.54, 1.807) is 24.3 Å². The van der Waals surface area contributed by atoms with Gasteiger partial charge in [-0.2, -0.15) is 5.26 Å². The molecule has 1 aromatic rings. The largest absolute Gasteiger partial charge is 0.425 e. The molecule has 16 heavy (non-hydrogen) atoms. The molecule has 4 nitrogen and oxygen atoms in total. The molecule has 82 valence electrons. The van der Waals surface area contributed by atoms with E-state index >= 15 is 0 Å². The van der Waals surface area contributed by atoms with E-state index in [0.717, 1.165) is 19.4 Å². The number of esters is 1. The second kappa shape index (κ2) is 4.77. The molecule has 1 aliphatic rings. The highest BCUT2D eigenvalue weighted by molar-refractivity contribution is 5.78. The molecule has 4 heteroatoms. The summed E-state index contributed by atoms with van der Waals surface area (Å²) in [4.78, 5) is 11.6. The van der Waals surface area contributed by atoms with Gasteiger partial charge < -0.3 is 10.1 Å². The first-order valence-corrected chi connectivity index (χ1v) is 5.25. The van der Waals surface area contributed by atoms with Gasteiger partial charge in [0.05, 0.1) is 11.6 Å². The van der Waals surface area contributed by atoms with Crippen LogP contribution in [0.5, 0.6) is 5.75 Å². The number of nitrogens with one attached hydrogen (secondary N) is 1. The molecule has 2 rings (SSSR count). The van der Waals surface area contributed by atoms with E-state index in [9.17, 15) is 4.79 Å². The van der Waals surface area contributed by atoms with Gasteiger partial charge in [0.2, 0.25) is 0 Å². The Balaban J connectivity index is 2.03. The van der Waals surface area contributed by atoms with Crippen LogP contribution in [0.1, 0.15) is 18.4 Å². The maximum atomic E-state index is 11.6. The van der Waals surface area contributed by atoms with Crippen LogP contribution in [0, 0.1) is 11.3 Å². The van der Waals surface area contributed by atoms with Crippen LogP contribution in [0.15, 0.2) is 24.3 Å². The topological polar surface area (TPSA) is 62.1 Å². The summed E-state index contributed by atoms with van der Waals surface area (Å²) < 4.78 is 5.19. The molecule has 0 radical (unpaired) electrons. The second-order valence-corrected chi connectivity index (χ2v) is 3.71. The fourth-order valence-corrected chi connectivity index (χ4v) is 1.70. The first kappa shape index (κ1) is 10.7. The summed E-state index contributed by atoms with van der Waals surface area (Å²) in [5.74, 6) is 0.158. The number of ether oxygens (including phenoxy) is 1. The molecule has 1 heterocycles. The van der Waals surface area contributed by atoms with E-state index in [0.29, 0.717) is 11.3 Å². The van der Waals surface area contributed by atoms with E-state index in [4.69, 9.17) is 10.00 Å². The molecule has 0 bridgehead atoms. The van der Waals surface area contributed by atoms with Crippen molar-refractivity contribution in [1.82, 2.24) is 5.32 Å². The minimum Gasteiger partial charge on any atom is -0.425 e. The molecule has 1 atom stereocenters. The number of hydrogen-bond acceptors (Lipinski definition) is 4. The summed E-state index contributed by atoms with van der Waals surface area (Å²) in [6.45, 7) is 0.859. The number of carbonyl (C=O) groups excluding carboxylic acids is 1. The molecule has 0 unspecified atom stereocenters. The van der Waals surface area contributed by atoms with Crippen molar-refractivity contribution >= 4 is 5.97 Å². The third kappa shape index (κ3) is 2.38. The molecule has 0 aromatic heterocycles. The summed E-state index contributed by atoms with van der Waals surface area (Å²) >= 11 is 0. The van der Waals surface area contributed by atoms with Gasteiger partial charge in [0.15, 0.2) is 0 Å². The SMILES string of the molecule is N#Cc1cccc(OC(=O)[C@H]2CCCN2)c1. The lowest BCUT2D eigenvalue weighted by molar-refractivity contribution is -0.136. The maximum absolute atomic E-state index is 11.6. The molecular formula is C12H12N2O2. The van der Waals surface area contributed by atoms with Crippen molar-refractivity contribution in [1.29, 1.82) is 5.26 Å². The molecule has 0 saturated carbocycles. The predicted octanol–water partition coefficient (Wildman–Crippen LogP) is 1.22. The average molecular weight is 216 g/mol. The van der Waals surface area contributed by atoms with Gasteiger partial charge in [0.1, 0.15) is 11.8 Å². The lowest BCUT2D eigenvalue weighted by Gasteiger charge is -2.09. The van der Waals surface area contributed by atoms with E-state index in [2.05, 4.69) is 5.32 Å². The Labute approximate surface area is 93.8 Å². The smallest absolute Gasteiger partial charge is 0.328 e. The molecule has 0 aliphatic carbocycles. The fraction of sp³-hybridized carbons (Fsp3) is 0.333. The Kier molecular flexibility index (Phi) is 3.18. The van der Waals surface area contributed by atoms with Gasteiger partial charge in [0, 0.05) is 0 Å². The highest BCUT2D eigenvalue weighted by atomic mass is 16.5. The minimum absolute atomic E-state index is 0.203. The normalized spacial score (nSPS) is 19.1. The van der Waals surface area contributed by atoms with Crippen LogP contribution in [-0.2, 0) is 4.79 Å². The van der Waals surface area contributed by atoms with Crippen LogP contribution in [0.2, 0.25) is 0 Å². The van der Waals surface area contributed by atoms with Crippen molar-refractivity contribution in [2.24, 2.45) is 0 Å². The molecule has 1 saturated heterocycles. The zero-order chi connectivity index (χ0) is 11.4. The zero-order valence-corrected chi connectivity index (χ0v) is 8.77. The Morgan fingerprint density at radius 1 is 1.56 bits per heavy atom. The summed E-state index contributed by atoms with van der Waals surface area (Å²) in [6.07, 6.45) is 1.81. The van der Waals surface area contributed by atoms with Crippen LogP contribution in [-0.4, -0.2) is 18.6 Å². The number of hydrogen-bond donors (Lipinski definition) is 1. The van der Waals surface area contributed by atoms with Gasteiger partial charge in [-0.25, -0.2) is 4.79 Å². The quantitative estimate of drug-likeness (QED) is 0.596. The Hall–Kier alpha value is -1.86. The van der Waals surface area contributed by atoms with Gasteiger partial charge in [-0.3, -0.25) is 0 Å². The monoisotopic (exact) mass is 216 g/mol. The highest BCUT2D eigenvalue weighted by Crippen LogP contribution is 2.15. The molecule has 1 aliphatic heterocycles. The summed E-state index contributed by atoms with van der Waals surface area (Å²) in [7, 11) is 0. The number of carbonyl (C=O) groups is 1. The fourth-order valence-electron chi connectivity index (χ4n) is 1.70. The van der Waals surface area contributed by atoms with Crippen LogP contribution in [0.25, 0.3) is 0 Å². The second-order valence-electron chi connectivity index (χ2n) is 3.71. The van der Waals surface area contributed by atoms with Gasteiger partial charge in [-0.15, -0.1) is 0 Å². The van der Waals surface area contributed by atoms with Crippen molar-refractivity contribution in [3.8, 4) is 11.8 Å². The molecule has 0 spiro atoms. The van der Waals surface area contributed by atoms with Gasteiger partial charge in [-0.05, 0) is 37.6 Å². The van der Waals surface area contributed by atoms with Crippen LogP contribution in [0.4, 0.5) is 0 Å². The first-order valence-electron chi connectivity index (χ1n) is 5.25. The van der Waals surface area contributed by atoms with Crippen molar-refractivity contribution in [2.45, 2.75) is 18.9 Å². The molecule has 0 amide bonds. The lowest BCUT2D eigenvalue weighted by atomic mass is 10.2. The average Bonchev–Trinajstić information content (AvgIpc) is 2.83. The van der Waals surface area contributed by atoms with Crippen molar-refractivity contribution in [2.75, 3.05) is 6.54 Å². The van der Waals surface area contributed by atoms with Crippen LogP contribution in [0.3, 0.4) is 0 Å².